The van der Waals surface area contributed by atoms with Crippen molar-refractivity contribution >= 4 is 11.8 Å². The van der Waals surface area contributed by atoms with E-state index in [1.54, 1.807) is 0 Å². The minimum Gasteiger partial charge on any atom is -0.360 e. The molecule has 0 spiro atoms. The summed E-state index contributed by atoms with van der Waals surface area (Å²) in [5, 5.41) is 3.29. The average Bonchev–Trinajstić information content (AvgIpc) is 2.51. The van der Waals surface area contributed by atoms with E-state index in [2.05, 4.69) is 65.3 Å². The summed E-state index contributed by atoms with van der Waals surface area (Å²) in [5.41, 5.74) is 2.51. The molecular formula is C17H24N4. The van der Waals surface area contributed by atoms with Crippen LogP contribution >= 0.6 is 0 Å². The van der Waals surface area contributed by atoms with Gasteiger partial charge in [0.05, 0.1) is 0 Å². The highest BCUT2D eigenvalue weighted by molar-refractivity contribution is 5.42. The molecule has 1 aromatic heterocycles. The molecule has 1 heterocycles. The lowest BCUT2D eigenvalue weighted by atomic mass is 10.1. The summed E-state index contributed by atoms with van der Waals surface area (Å²) in [6, 6.07) is 10.4. The minimum absolute atomic E-state index is 0.678. The number of anilines is 2. The number of aromatic nitrogens is 2. The molecule has 112 valence electrons. The van der Waals surface area contributed by atoms with Crippen molar-refractivity contribution in [2.24, 2.45) is 0 Å². The Hall–Kier alpha value is -2.10. The Balaban J connectivity index is 1.97. The summed E-state index contributed by atoms with van der Waals surface area (Å²) in [4.78, 5) is 11.0. The molecule has 0 atom stereocenters. The third kappa shape index (κ3) is 4.74. The van der Waals surface area contributed by atoms with Crippen LogP contribution in [0, 0.1) is 6.92 Å². The van der Waals surface area contributed by atoms with Crippen molar-refractivity contribution in [1.82, 2.24) is 9.97 Å². The Morgan fingerprint density at radius 1 is 1.24 bits per heavy atom. The van der Waals surface area contributed by atoms with Gasteiger partial charge in [0, 0.05) is 26.3 Å². The number of rotatable bonds is 7. The summed E-state index contributed by atoms with van der Waals surface area (Å²) < 4.78 is 0. The summed E-state index contributed by atoms with van der Waals surface area (Å²) in [5.74, 6) is 1.64. The van der Waals surface area contributed by atoms with Gasteiger partial charge in [-0.3, -0.25) is 0 Å². The van der Waals surface area contributed by atoms with Crippen molar-refractivity contribution in [2.75, 3.05) is 23.8 Å². The molecule has 2 aromatic rings. The highest BCUT2D eigenvalue weighted by Gasteiger charge is 2.04. The highest BCUT2D eigenvalue weighted by Crippen LogP contribution is 2.12. The van der Waals surface area contributed by atoms with Gasteiger partial charge in [0.2, 0.25) is 5.95 Å². The van der Waals surface area contributed by atoms with Crippen LogP contribution in [-0.2, 0) is 6.54 Å². The number of hydrogen-bond acceptors (Lipinski definition) is 4. The van der Waals surface area contributed by atoms with Crippen LogP contribution in [0.25, 0.3) is 0 Å². The molecule has 0 amide bonds. The molecule has 4 nitrogen and oxygen atoms in total. The Kier molecular flexibility index (Phi) is 5.55. The molecule has 2 rings (SSSR count). The molecule has 0 aliphatic heterocycles. The van der Waals surface area contributed by atoms with Crippen molar-refractivity contribution in [2.45, 2.75) is 33.2 Å². The molecule has 21 heavy (non-hydrogen) atoms. The van der Waals surface area contributed by atoms with Gasteiger partial charge in [0.1, 0.15) is 5.82 Å². The maximum Gasteiger partial charge on any atom is 0.224 e. The van der Waals surface area contributed by atoms with Gasteiger partial charge in [-0.2, -0.15) is 4.98 Å². The van der Waals surface area contributed by atoms with E-state index in [4.69, 9.17) is 0 Å². The second-order valence-corrected chi connectivity index (χ2v) is 5.36. The van der Waals surface area contributed by atoms with Crippen LogP contribution in [0.2, 0.25) is 0 Å². The Labute approximate surface area is 127 Å². The molecule has 0 radical (unpaired) electrons. The SMILES string of the molecule is CCCCN(C)c1ccnc(NCc2cccc(C)c2)n1. The van der Waals surface area contributed by atoms with Crippen molar-refractivity contribution in [1.29, 1.82) is 0 Å². The van der Waals surface area contributed by atoms with Crippen LogP contribution in [0.3, 0.4) is 0 Å². The Bertz CT molecular complexity index is 568. The van der Waals surface area contributed by atoms with E-state index in [1.165, 1.54) is 24.0 Å². The number of unbranched alkanes of at least 4 members (excludes halogenated alkanes) is 1. The molecule has 1 aromatic carbocycles. The molecule has 0 bridgehead atoms. The van der Waals surface area contributed by atoms with Crippen LogP contribution in [0.15, 0.2) is 36.5 Å². The topological polar surface area (TPSA) is 41.1 Å². The van der Waals surface area contributed by atoms with Crippen LogP contribution in [-0.4, -0.2) is 23.6 Å². The van der Waals surface area contributed by atoms with Crippen LogP contribution in [0.1, 0.15) is 30.9 Å². The van der Waals surface area contributed by atoms with E-state index in [9.17, 15) is 0 Å². The van der Waals surface area contributed by atoms with Gasteiger partial charge in [-0.15, -0.1) is 0 Å². The minimum atomic E-state index is 0.678. The zero-order chi connectivity index (χ0) is 15.1. The molecule has 0 aliphatic carbocycles. The molecule has 0 saturated heterocycles. The summed E-state index contributed by atoms with van der Waals surface area (Å²) in [7, 11) is 2.07. The lowest BCUT2D eigenvalue weighted by Crippen LogP contribution is -2.20. The van der Waals surface area contributed by atoms with Crippen LogP contribution in [0.5, 0.6) is 0 Å². The molecule has 0 fully saturated rings. The van der Waals surface area contributed by atoms with Crippen molar-refractivity contribution in [3.05, 3.63) is 47.7 Å². The van der Waals surface area contributed by atoms with E-state index in [-0.39, 0.29) is 0 Å². The van der Waals surface area contributed by atoms with Crippen LogP contribution in [0.4, 0.5) is 11.8 Å². The first kappa shape index (κ1) is 15.3. The summed E-state index contributed by atoms with van der Waals surface area (Å²) in [6.45, 7) is 6.06. The fraction of sp³-hybridized carbons (Fsp3) is 0.412. The van der Waals surface area contributed by atoms with Gasteiger partial charge in [-0.1, -0.05) is 43.2 Å². The van der Waals surface area contributed by atoms with E-state index >= 15 is 0 Å². The number of hydrogen-bond donors (Lipinski definition) is 1. The van der Waals surface area contributed by atoms with Gasteiger partial charge >= 0.3 is 0 Å². The summed E-state index contributed by atoms with van der Waals surface area (Å²) in [6.07, 6.45) is 4.17. The Morgan fingerprint density at radius 3 is 2.86 bits per heavy atom. The standard InChI is InChI=1S/C17H24N4/c1-4-5-11-21(3)16-9-10-18-17(20-16)19-13-15-8-6-7-14(2)12-15/h6-10,12H,4-5,11,13H2,1-3H3,(H,18,19,20). The van der Waals surface area contributed by atoms with Crippen molar-refractivity contribution in [3.8, 4) is 0 Å². The van der Waals surface area contributed by atoms with E-state index in [0.29, 0.717) is 5.95 Å². The predicted molar refractivity (Wildman–Crippen MR) is 88.7 cm³/mol. The molecule has 0 saturated carbocycles. The number of benzene rings is 1. The molecule has 4 heteroatoms. The fourth-order valence-electron chi connectivity index (χ4n) is 2.16. The molecular weight excluding hydrogens is 260 g/mol. The van der Waals surface area contributed by atoms with E-state index < -0.39 is 0 Å². The van der Waals surface area contributed by atoms with Gasteiger partial charge in [0.15, 0.2) is 0 Å². The number of aryl methyl sites for hydroxylation is 1. The van der Waals surface area contributed by atoms with Crippen molar-refractivity contribution < 1.29 is 0 Å². The van der Waals surface area contributed by atoms with Gasteiger partial charge in [0.25, 0.3) is 0 Å². The van der Waals surface area contributed by atoms with Crippen LogP contribution < -0.4 is 10.2 Å². The second-order valence-electron chi connectivity index (χ2n) is 5.36. The number of nitrogens with one attached hydrogen (secondary N) is 1. The third-order valence-electron chi connectivity index (χ3n) is 3.41. The quantitative estimate of drug-likeness (QED) is 0.843. The smallest absolute Gasteiger partial charge is 0.224 e. The molecule has 0 aliphatic rings. The lowest BCUT2D eigenvalue weighted by molar-refractivity contribution is 0.758. The Morgan fingerprint density at radius 2 is 2.10 bits per heavy atom. The van der Waals surface area contributed by atoms with Gasteiger partial charge < -0.3 is 10.2 Å². The zero-order valence-corrected chi connectivity index (χ0v) is 13.1. The van der Waals surface area contributed by atoms with Gasteiger partial charge in [-0.25, -0.2) is 4.98 Å². The highest BCUT2D eigenvalue weighted by atomic mass is 15.2. The first-order valence-corrected chi connectivity index (χ1v) is 7.52. The second kappa shape index (κ2) is 7.62. The maximum atomic E-state index is 4.57. The first-order valence-electron chi connectivity index (χ1n) is 7.52. The number of nitrogens with zero attached hydrogens (tertiary/aromatic N) is 3. The maximum absolute atomic E-state index is 4.57. The predicted octanol–water partition coefficient (Wildman–Crippen LogP) is 3.63. The lowest BCUT2D eigenvalue weighted by Gasteiger charge is -2.18. The average molecular weight is 284 g/mol. The van der Waals surface area contributed by atoms with Crippen molar-refractivity contribution in [3.63, 3.8) is 0 Å². The zero-order valence-electron chi connectivity index (χ0n) is 13.1. The summed E-state index contributed by atoms with van der Waals surface area (Å²) >= 11 is 0. The fourth-order valence-corrected chi connectivity index (χ4v) is 2.16. The molecule has 1 N–H and O–H groups in total. The van der Waals surface area contributed by atoms with E-state index in [1.807, 2.05) is 12.3 Å². The monoisotopic (exact) mass is 284 g/mol. The third-order valence-corrected chi connectivity index (χ3v) is 3.41. The molecule has 0 unspecified atom stereocenters. The van der Waals surface area contributed by atoms with E-state index in [0.717, 1.165) is 18.9 Å². The first-order chi connectivity index (χ1) is 10.2. The van der Waals surface area contributed by atoms with Gasteiger partial charge in [-0.05, 0) is 25.0 Å². The largest absolute Gasteiger partial charge is 0.360 e. The normalized spacial score (nSPS) is 10.4.